The van der Waals surface area contributed by atoms with Crippen molar-refractivity contribution in [1.82, 2.24) is 4.98 Å². The molecule has 110 valence electrons. The minimum absolute atomic E-state index is 0.0143. The summed E-state index contributed by atoms with van der Waals surface area (Å²) in [6, 6.07) is 6.19. The number of halogens is 3. The molecule has 1 heterocycles. The Hall–Kier alpha value is -2.29. The summed E-state index contributed by atoms with van der Waals surface area (Å²) in [7, 11) is 0. The lowest BCUT2D eigenvalue weighted by molar-refractivity contribution is -0.388. The van der Waals surface area contributed by atoms with Crippen molar-refractivity contribution in [1.29, 1.82) is 0 Å². The standard InChI is InChI=1S/C12H7F3N2O3S/c13-12(14,15)11-5-10(9(6-16-11)17(19)20)21-8-3-1-7(18)2-4-8/h1-6,18H. The minimum Gasteiger partial charge on any atom is -0.508 e. The number of aromatic nitrogens is 1. The lowest BCUT2D eigenvalue weighted by Crippen LogP contribution is -2.08. The molecule has 0 aliphatic heterocycles. The Morgan fingerprint density at radius 2 is 1.86 bits per heavy atom. The molecule has 0 atom stereocenters. The summed E-state index contributed by atoms with van der Waals surface area (Å²) in [6.45, 7) is 0. The fraction of sp³-hybridized carbons (Fsp3) is 0.0833. The number of nitrogens with zero attached hydrogens (tertiary/aromatic N) is 2. The summed E-state index contributed by atoms with van der Waals surface area (Å²) in [5.41, 5.74) is -1.71. The molecular formula is C12H7F3N2O3S. The number of hydrogen-bond donors (Lipinski definition) is 1. The van der Waals surface area contributed by atoms with Crippen LogP contribution in [-0.4, -0.2) is 15.0 Å². The highest BCUT2D eigenvalue weighted by Gasteiger charge is 2.34. The van der Waals surface area contributed by atoms with Crippen molar-refractivity contribution in [3.8, 4) is 5.75 Å². The zero-order chi connectivity index (χ0) is 15.6. The van der Waals surface area contributed by atoms with Crippen molar-refractivity contribution in [3.63, 3.8) is 0 Å². The Kier molecular flexibility index (Phi) is 4.03. The minimum atomic E-state index is -4.68. The molecule has 0 unspecified atom stereocenters. The molecule has 2 rings (SSSR count). The zero-order valence-corrected chi connectivity index (χ0v) is 11.0. The molecule has 1 aromatic carbocycles. The number of pyridine rings is 1. The molecule has 0 aliphatic carbocycles. The molecule has 0 amide bonds. The van der Waals surface area contributed by atoms with Gasteiger partial charge in [0.25, 0.3) is 0 Å². The first-order valence-corrected chi connectivity index (χ1v) is 6.27. The maximum Gasteiger partial charge on any atom is 0.433 e. The van der Waals surface area contributed by atoms with Gasteiger partial charge in [0.05, 0.1) is 9.82 Å². The number of rotatable bonds is 3. The Balaban J connectivity index is 2.43. The first kappa shape index (κ1) is 15.1. The lowest BCUT2D eigenvalue weighted by Gasteiger charge is -2.08. The smallest absolute Gasteiger partial charge is 0.433 e. The van der Waals surface area contributed by atoms with Crippen LogP contribution in [0.1, 0.15) is 5.69 Å². The number of alkyl halides is 3. The third-order valence-electron chi connectivity index (χ3n) is 2.40. The Bertz CT molecular complexity index is 674. The molecule has 0 saturated carbocycles. The molecule has 0 fully saturated rings. The second kappa shape index (κ2) is 5.60. The highest BCUT2D eigenvalue weighted by atomic mass is 32.2. The summed E-state index contributed by atoms with van der Waals surface area (Å²) in [4.78, 5) is 13.4. The summed E-state index contributed by atoms with van der Waals surface area (Å²) < 4.78 is 37.9. The first-order valence-electron chi connectivity index (χ1n) is 5.46. The van der Waals surface area contributed by atoms with E-state index < -0.39 is 22.5 Å². The second-order valence-corrected chi connectivity index (χ2v) is 5.00. The van der Waals surface area contributed by atoms with E-state index in [0.717, 1.165) is 11.8 Å². The second-order valence-electron chi connectivity index (χ2n) is 3.89. The largest absolute Gasteiger partial charge is 0.508 e. The van der Waals surface area contributed by atoms with Gasteiger partial charge < -0.3 is 5.11 Å². The van der Waals surface area contributed by atoms with Crippen LogP contribution in [-0.2, 0) is 6.18 Å². The van der Waals surface area contributed by atoms with Crippen LogP contribution in [0.15, 0.2) is 46.3 Å². The average Bonchev–Trinajstić information content (AvgIpc) is 2.40. The van der Waals surface area contributed by atoms with E-state index in [4.69, 9.17) is 5.11 Å². The van der Waals surface area contributed by atoms with Crippen molar-refractivity contribution in [3.05, 3.63) is 52.3 Å². The van der Waals surface area contributed by atoms with Gasteiger partial charge in [0.15, 0.2) is 0 Å². The van der Waals surface area contributed by atoms with Gasteiger partial charge in [-0.15, -0.1) is 0 Å². The highest BCUT2D eigenvalue weighted by Crippen LogP contribution is 2.38. The molecule has 2 aromatic rings. The maximum absolute atomic E-state index is 12.6. The molecule has 1 N–H and O–H groups in total. The average molecular weight is 316 g/mol. The van der Waals surface area contributed by atoms with Crippen molar-refractivity contribution in [2.45, 2.75) is 16.0 Å². The predicted molar refractivity (Wildman–Crippen MR) is 68.1 cm³/mol. The predicted octanol–water partition coefficient (Wildman–Crippen LogP) is 3.87. The van der Waals surface area contributed by atoms with Gasteiger partial charge in [-0.05, 0) is 30.3 Å². The monoisotopic (exact) mass is 316 g/mol. The maximum atomic E-state index is 12.6. The summed E-state index contributed by atoms with van der Waals surface area (Å²) in [6.07, 6.45) is -4.09. The number of hydrogen-bond acceptors (Lipinski definition) is 5. The summed E-state index contributed by atoms with van der Waals surface area (Å²) in [5.74, 6) is -0.0143. The molecule has 0 spiro atoms. The van der Waals surface area contributed by atoms with Crippen molar-refractivity contribution in [2.75, 3.05) is 0 Å². The summed E-state index contributed by atoms with van der Waals surface area (Å²) in [5, 5.41) is 20.0. The van der Waals surface area contributed by atoms with Crippen LogP contribution in [0.5, 0.6) is 5.75 Å². The van der Waals surface area contributed by atoms with Crippen molar-refractivity contribution in [2.24, 2.45) is 0 Å². The lowest BCUT2D eigenvalue weighted by atomic mass is 10.3. The van der Waals surface area contributed by atoms with Gasteiger partial charge in [0.1, 0.15) is 17.6 Å². The van der Waals surface area contributed by atoms with E-state index >= 15 is 0 Å². The quantitative estimate of drug-likeness (QED) is 0.687. The van der Waals surface area contributed by atoms with Crippen LogP contribution in [0.3, 0.4) is 0 Å². The molecular weight excluding hydrogens is 309 g/mol. The third-order valence-corrected chi connectivity index (χ3v) is 3.45. The highest BCUT2D eigenvalue weighted by molar-refractivity contribution is 7.99. The molecule has 0 bridgehead atoms. The number of benzene rings is 1. The van der Waals surface area contributed by atoms with Crippen LogP contribution in [0.2, 0.25) is 0 Å². The van der Waals surface area contributed by atoms with E-state index in [2.05, 4.69) is 4.98 Å². The molecule has 9 heteroatoms. The van der Waals surface area contributed by atoms with Crippen LogP contribution in [0.25, 0.3) is 0 Å². The van der Waals surface area contributed by atoms with Crippen molar-refractivity contribution < 1.29 is 23.2 Å². The molecule has 0 aliphatic rings. The third kappa shape index (κ3) is 3.63. The van der Waals surface area contributed by atoms with Crippen LogP contribution in [0.4, 0.5) is 18.9 Å². The van der Waals surface area contributed by atoms with Gasteiger partial charge in [-0.2, -0.15) is 13.2 Å². The van der Waals surface area contributed by atoms with Gasteiger partial charge in [-0.1, -0.05) is 11.8 Å². The topological polar surface area (TPSA) is 76.3 Å². The van der Waals surface area contributed by atoms with Gasteiger partial charge in [0.2, 0.25) is 0 Å². The van der Waals surface area contributed by atoms with E-state index in [1.165, 1.54) is 24.3 Å². The van der Waals surface area contributed by atoms with Gasteiger partial charge in [0, 0.05) is 4.90 Å². The van der Waals surface area contributed by atoms with E-state index in [9.17, 15) is 23.3 Å². The SMILES string of the molecule is O=[N+]([O-])c1cnc(C(F)(F)F)cc1Sc1ccc(O)cc1. The molecule has 0 radical (unpaired) electrons. The molecule has 21 heavy (non-hydrogen) atoms. The van der Waals surface area contributed by atoms with E-state index in [1.54, 1.807) is 0 Å². The molecule has 5 nitrogen and oxygen atoms in total. The Morgan fingerprint density at radius 1 is 1.24 bits per heavy atom. The zero-order valence-electron chi connectivity index (χ0n) is 10.2. The Labute approximate surface area is 120 Å². The van der Waals surface area contributed by atoms with Gasteiger partial charge in [-0.25, -0.2) is 4.98 Å². The van der Waals surface area contributed by atoms with Gasteiger partial charge >= 0.3 is 11.9 Å². The van der Waals surface area contributed by atoms with Crippen molar-refractivity contribution >= 4 is 17.4 Å². The normalized spacial score (nSPS) is 11.4. The van der Waals surface area contributed by atoms with Crippen LogP contribution >= 0.6 is 11.8 Å². The first-order chi connectivity index (χ1) is 9.77. The van der Waals surface area contributed by atoms with E-state index in [-0.39, 0.29) is 10.6 Å². The molecule has 1 aromatic heterocycles. The van der Waals surface area contributed by atoms with Gasteiger partial charge in [-0.3, -0.25) is 10.1 Å². The Morgan fingerprint density at radius 3 is 2.38 bits per heavy atom. The van der Waals surface area contributed by atoms with E-state index in [0.29, 0.717) is 17.2 Å². The molecule has 0 saturated heterocycles. The number of aromatic hydroxyl groups is 1. The number of nitro groups is 1. The number of phenols is 1. The number of phenolic OH excluding ortho intramolecular Hbond substituents is 1. The van der Waals surface area contributed by atoms with E-state index in [1.807, 2.05) is 0 Å². The fourth-order valence-electron chi connectivity index (χ4n) is 1.44. The summed E-state index contributed by atoms with van der Waals surface area (Å²) >= 11 is 0.789. The van der Waals surface area contributed by atoms with Crippen LogP contribution < -0.4 is 0 Å². The fourth-order valence-corrected chi connectivity index (χ4v) is 2.37. The van der Waals surface area contributed by atoms with Crippen LogP contribution in [0, 0.1) is 10.1 Å².